The van der Waals surface area contributed by atoms with E-state index in [-0.39, 0.29) is 5.69 Å². The quantitative estimate of drug-likeness (QED) is 0.478. The van der Waals surface area contributed by atoms with Crippen LogP contribution in [-0.4, -0.2) is 28.6 Å². The molecule has 1 aliphatic carbocycles. The predicted molar refractivity (Wildman–Crippen MR) is 71.1 cm³/mol. The van der Waals surface area contributed by atoms with Crippen LogP contribution in [0.4, 0.5) is 0 Å². The molecule has 6 heteroatoms. The Morgan fingerprint density at radius 3 is 2.89 bits per heavy atom. The summed E-state index contributed by atoms with van der Waals surface area (Å²) in [6.45, 7) is 3.83. The second-order valence-corrected chi connectivity index (χ2v) is 5.01. The molecule has 1 aliphatic rings. The number of hydrazine groups is 1. The van der Waals surface area contributed by atoms with E-state index in [0.717, 1.165) is 6.54 Å². The van der Waals surface area contributed by atoms with Crippen molar-refractivity contribution in [3.8, 4) is 0 Å². The minimum Gasteiger partial charge on any atom is -0.359 e. The average Bonchev–Trinajstić information content (AvgIpc) is 2.93. The lowest BCUT2D eigenvalue weighted by atomic mass is 9.94. The Morgan fingerprint density at radius 2 is 2.26 bits per heavy atom. The topological polar surface area (TPSA) is 84.4 Å². The van der Waals surface area contributed by atoms with E-state index in [4.69, 9.17) is 10.4 Å². The van der Waals surface area contributed by atoms with Crippen molar-refractivity contribution in [3.63, 3.8) is 0 Å². The van der Waals surface area contributed by atoms with Crippen molar-refractivity contribution in [3.05, 3.63) is 17.5 Å². The molecular formula is C13H22N4O2. The summed E-state index contributed by atoms with van der Waals surface area (Å²) in [7, 11) is 0. The number of amides is 1. The standard InChI is InChI=1S/C13H22N4O2/c1-2-17(10-6-4-3-5-7-10)9-11-8-12(16-19-11)13(18)15-14/h8,10H,2-7,9,14H2,1H3,(H,15,18). The molecule has 0 radical (unpaired) electrons. The van der Waals surface area contributed by atoms with Gasteiger partial charge in [-0.15, -0.1) is 0 Å². The number of nitrogen functional groups attached to an aromatic ring is 1. The van der Waals surface area contributed by atoms with Crippen molar-refractivity contribution in [2.75, 3.05) is 6.54 Å². The van der Waals surface area contributed by atoms with Crippen LogP contribution in [0.15, 0.2) is 10.6 Å². The molecule has 1 aromatic rings. The number of carbonyl (C=O) groups is 1. The molecule has 19 heavy (non-hydrogen) atoms. The van der Waals surface area contributed by atoms with Crippen molar-refractivity contribution in [2.24, 2.45) is 5.84 Å². The summed E-state index contributed by atoms with van der Waals surface area (Å²) in [5.41, 5.74) is 2.28. The summed E-state index contributed by atoms with van der Waals surface area (Å²) in [4.78, 5) is 13.7. The van der Waals surface area contributed by atoms with Gasteiger partial charge in [0.05, 0.1) is 6.54 Å². The maximum Gasteiger partial charge on any atom is 0.287 e. The van der Waals surface area contributed by atoms with Crippen molar-refractivity contribution in [2.45, 2.75) is 51.6 Å². The molecule has 106 valence electrons. The van der Waals surface area contributed by atoms with Crippen molar-refractivity contribution in [1.82, 2.24) is 15.5 Å². The van der Waals surface area contributed by atoms with Crippen LogP contribution in [-0.2, 0) is 6.54 Å². The molecule has 1 aromatic heterocycles. The summed E-state index contributed by atoms with van der Waals surface area (Å²) >= 11 is 0. The molecule has 2 rings (SSSR count). The van der Waals surface area contributed by atoms with Gasteiger partial charge in [-0.05, 0) is 19.4 Å². The summed E-state index contributed by atoms with van der Waals surface area (Å²) in [5, 5.41) is 3.73. The minimum atomic E-state index is -0.421. The molecular weight excluding hydrogens is 244 g/mol. The number of carbonyl (C=O) groups excluding carboxylic acids is 1. The Labute approximate surface area is 113 Å². The van der Waals surface area contributed by atoms with Gasteiger partial charge in [0.1, 0.15) is 0 Å². The second kappa shape index (κ2) is 6.68. The number of hydrogen-bond donors (Lipinski definition) is 2. The third-order valence-electron chi connectivity index (χ3n) is 3.78. The molecule has 0 spiro atoms. The molecule has 0 aliphatic heterocycles. The van der Waals surface area contributed by atoms with E-state index in [1.54, 1.807) is 6.07 Å². The highest BCUT2D eigenvalue weighted by atomic mass is 16.5. The summed E-state index contributed by atoms with van der Waals surface area (Å²) in [6, 6.07) is 2.28. The van der Waals surface area contributed by atoms with Gasteiger partial charge in [0, 0.05) is 12.1 Å². The number of nitrogens with two attached hydrogens (primary N) is 1. The Balaban J connectivity index is 1.97. The van der Waals surface area contributed by atoms with Gasteiger partial charge in [-0.25, -0.2) is 5.84 Å². The van der Waals surface area contributed by atoms with Gasteiger partial charge in [-0.3, -0.25) is 15.1 Å². The molecule has 1 saturated carbocycles. The monoisotopic (exact) mass is 266 g/mol. The fraction of sp³-hybridized carbons (Fsp3) is 0.692. The summed E-state index contributed by atoms with van der Waals surface area (Å²) < 4.78 is 5.20. The van der Waals surface area contributed by atoms with E-state index in [0.29, 0.717) is 18.3 Å². The lowest BCUT2D eigenvalue weighted by Crippen LogP contribution is -2.36. The average molecular weight is 266 g/mol. The van der Waals surface area contributed by atoms with Crippen LogP contribution >= 0.6 is 0 Å². The van der Waals surface area contributed by atoms with Crippen LogP contribution in [0, 0.1) is 0 Å². The lowest BCUT2D eigenvalue weighted by molar-refractivity contribution is 0.0944. The molecule has 1 fully saturated rings. The maximum absolute atomic E-state index is 11.3. The van der Waals surface area contributed by atoms with Gasteiger partial charge in [0.15, 0.2) is 11.5 Å². The normalized spacial score (nSPS) is 16.8. The first-order valence-corrected chi connectivity index (χ1v) is 6.95. The predicted octanol–water partition coefficient (Wildman–Crippen LogP) is 1.43. The molecule has 1 amide bonds. The number of rotatable bonds is 5. The molecule has 0 atom stereocenters. The first-order valence-electron chi connectivity index (χ1n) is 6.95. The molecule has 1 heterocycles. The van der Waals surface area contributed by atoms with Crippen LogP contribution in [0.3, 0.4) is 0 Å². The van der Waals surface area contributed by atoms with Gasteiger partial charge < -0.3 is 4.52 Å². The molecule has 0 bridgehead atoms. The van der Waals surface area contributed by atoms with Crippen molar-refractivity contribution < 1.29 is 9.32 Å². The third kappa shape index (κ3) is 3.54. The first-order chi connectivity index (χ1) is 9.24. The van der Waals surface area contributed by atoms with Gasteiger partial charge in [-0.2, -0.15) is 0 Å². The Kier molecular flexibility index (Phi) is 4.93. The SMILES string of the molecule is CCN(Cc1cc(C(=O)NN)no1)C1CCCCC1. The largest absolute Gasteiger partial charge is 0.359 e. The highest BCUT2D eigenvalue weighted by Crippen LogP contribution is 2.23. The zero-order chi connectivity index (χ0) is 13.7. The van der Waals surface area contributed by atoms with Crippen LogP contribution in [0.25, 0.3) is 0 Å². The summed E-state index contributed by atoms with van der Waals surface area (Å²) in [5.74, 6) is 5.36. The van der Waals surface area contributed by atoms with Crippen molar-refractivity contribution >= 4 is 5.91 Å². The third-order valence-corrected chi connectivity index (χ3v) is 3.78. The Hall–Kier alpha value is -1.40. The molecule has 0 unspecified atom stereocenters. The van der Waals surface area contributed by atoms with Crippen LogP contribution in [0.1, 0.15) is 55.3 Å². The molecule has 3 N–H and O–H groups in total. The minimum absolute atomic E-state index is 0.234. The zero-order valence-electron chi connectivity index (χ0n) is 11.4. The van der Waals surface area contributed by atoms with Crippen LogP contribution in [0.5, 0.6) is 0 Å². The highest BCUT2D eigenvalue weighted by molar-refractivity contribution is 5.91. The zero-order valence-corrected chi connectivity index (χ0v) is 11.4. The Bertz CT molecular complexity index is 413. The number of nitrogens with zero attached hydrogens (tertiary/aromatic N) is 2. The molecule has 0 aromatic carbocycles. The number of aromatic nitrogens is 1. The van der Waals surface area contributed by atoms with E-state index >= 15 is 0 Å². The van der Waals surface area contributed by atoms with E-state index in [9.17, 15) is 4.79 Å². The van der Waals surface area contributed by atoms with E-state index in [2.05, 4.69) is 22.4 Å². The van der Waals surface area contributed by atoms with E-state index < -0.39 is 5.91 Å². The number of nitrogens with one attached hydrogen (secondary N) is 1. The summed E-state index contributed by atoms with van der Waals surface area (Å²) in [6.07, 6.45) is 6.45. The van der Waals surface area contributed by atoms with Gasteiger partial charge in [0.25, 0.3) is 5.91 Å². The van der Waals surface area contributed by atoms with Gasteiger partial charge >= 0.3 is 0 Å². The smallest absolute Gasteiger partial charge is 0.287 e. The molecule has 0 saturated heterocycles. The highest BCUT2D eigenvalue weighted by Gasteiger charge is 2.21. The Morgan fingerprint density at radius 1 is 1.53 bits per heavy atom. The first kappa shape index (κ1) is 14.0. The van der Waals surface area contributed by atoms with E-state index in [1.807, 2.05) is 0 Å². The van der Waals surface area contributed by atoms with Crippen LogP contribution in [0.2, 0.25) is 0 Å². The molecule has 6 nitrogen and oxygen atoms in total. The lowest BCUT2D eigenvalue weighted by Gasteiger charge is -2.32. The van der Waals surface area contributed by atoms with Crippen LogP contribution < -0.4 is 11.3 Å². The fourth-order valence-corrected chi connectivity index (χ4v) is 2.71. The van der Waals surface area contributed by atoms with Crippen molar-refractivity contribution in [1.29, 1.82) is 0 Å². The second-order valence-electron chi connectivity index (χ2n) is 5.01. The van der Waals surface area contributed by atoms with Gasteiger partial charge in [0.2, 0.25) is 0 Å². The maximum atomic E-state index is 11.3. The number of hydrogen-bond acceptors (Lipinski definition) is 5. The fourth-order valence-electron chi connectivity index (χ4n) is 2.71. The van der Waals surface area contributed by atoms with Gasteiger partial charge in [-0.1, -0.05) is 31.3 Å². The van der Waals surface area contributed by atoms with E-state index in [1.165, 1.54) is 32.1 Å².